The van der Waals surface area contributed by atoms with Crippen molar-refractivity contribution in [1.82, 2.24) is 0 Å². The molecule has 1 radical (unpaired) electrons. The molecule has 7 heteroatoms. The molecule has 0 spiro atoms. The molecular formula is C8H13O7. The Hall–Kier alpha value is -0.730. The summed E-state index contributed by atoms with van der Waals surface area (Å²) in [4.78, 5) is 10.6. The summed E-state index contributed by atoms with van der Waals surface area (Å²) in [5.41, 5.74) is 0. The first kappa shape index (κ1) is 12.3. The Morgan fingerprint density at radius 2 is 2.07 bits per heavy atom. The lowest BCUT2D eigenvalue weighted by molar-refractivity contribution is -0.239. The topological polar surface area (TPSA) is 116 Å². The van der Waals surface area contributed by atoms with Crippen LogP contribution in [0.1, 0.15) is 6.92 Å². The number of carbonyl (C=O) groups excluding carboxylic acids is 1. The molecule has 4 N–H and O–H groups in total. The monoisotopic (exact) mass is 221 g/mol. The van der Waals surface area contributed by atoms with Crippen molar-refractivity contribution in [2.75, 3.05) is 6.61 Å². The van der Waals surface area contributed by atoms with Gasteiger partial charge in [0, 0.05) is 6.92 Å². The third kappa shape index (κ3) is 2.64. The summed E-state index contributed by atoms with van der Waals surface area (Å²) in [6, 6.07) is 0. The first-order valence-electron chi connectivity index (χ1n) is 4.34. The number of hydrogen-bond donors (Lipinski definition) is 4. The standard InChI is InChI=1S/C8H13O7/c1-3(10)14-7-6(12)5(11)4(2-9)15-8(7)13/h4-7,9,11-13H,2H2,1H3/t4-,5-,6+,7-/m1/s1. The van der Waals surface area contributed by atoms with E-state index in [0.29, 0.717) is 0 Å². The molecule has 15 heavy (non-hydrogen) atoms. The van der Waals surface area contributed by atoms with Gasteiger partial charge in [-0.25, -0.2) is 0 Å². The quantitative estimate of drug-likeness (QED) is 0.394. The molecule has 0 aromatic heterocycles. The van der Waals surface area contributed by atoms with Gasteiger partial charge in [0.05, 0.1) is 6.61 Å². The smallest absolute Gasteiger partial charge is 0.303 e. The summed E-state index contributed by atoms with van der Waals surface area (Å²) >= 11 is 0. The minimum absolute atomic E-state index is 0.574. The van der Waals surface area contributed by atoms with E-state index in [0.717, 1.165) is 6.92 Å². The molecule has 4 atom stereocenters. The molecule has 1 aliphatic heterocycles. The van der Waals surface area contributed by atoms with Crippen molar-refractivity contribution in [3.8, 4) is 0 Å². The second-order valence-electron chi connectivity index (χ2n) is 3.19. The second kappa shape index (κ2) is 4.86. The Labute approximate surface area is 85.9 Å². The van der Waals surface area contributed by atoms with Crippen molar-refractivity contribution >= 4 is 5.97 Å². The minimum Gasteiger partial charge on any atom is -0.454 e. The molecule has 0 aromatic carbocycles. The van der Waals surface area contributed by atoms with Crippen LogP contribution in [-0.2, 0) is 14.3 Å². The zero-order valence-corrected chi connectivity index (χ0v) is 8.03. The molecule has 0 saturated carbocycles. The average Bonchev–Trinajstić information content (AvgIpc) is 2.18. The van der Waals surface area contributed by atoms with Gasteiger partial charge in [-0.2, -0.15) is 0 Å². The third-order valence-corrected chi connectivity index (χ3v) is 2.03. The number of carbonyl (C=O) groups is 1. The van der Waals surface area contributed by atoms with Crippen LogP contribution in [0.3, 0.4) is 0 Å². The number of aliphatic hydroxyl groups excluding tert-OH is 4. The van der Waals surface area contributed by atoms with Crippen LogP contribution in [0.15, 0.2) is 0 Å². The molecule has 0 bridgehead atoms. The normalized spacial score (nSPS) is 37.7. The third-order valence-electron chi connectivity index (χ3n) is 2.03. The van der Waals surface area contributed by atoms with E-state index in [9.17, 15) is 20.1 Å². The number of hydrogen-bond acceptors (Lipinski definition) is 7. The fourth-order valence-electron chi connectivity index (χ4n) is 1.28. The lowest BCUT2D eigenvalue weighted by Gasteiger charge is -2.38. The van der Waals surface area contributed by atoms with E-state index in [1.54, 1.807) is 0 Å². The van der Waals surface area contributed by atoms with Crippen molar-refractivity contribution in [1.29, 1.82) is 0 Å². The van der Waals surface area contributed by atoms with Crippen LogP contribution >= 0.6 is 0 Å². The Morgan fingerprint density at radius 3 is 2.53 bits per heavy atom. The Bertz CT molecular complexity index is 231. The van der Waals surface area contributed by atoms with E-state index in [2.05, 4.69) is 9.47 Å². The van der Waals surface area contributed by atoms with Crippen LogP contribution in [0.4, 0.5) is 0 Å². The molecule has 1 aliphatic rings. The molecule has 0 aromatic rings. The van der Waals surface area contributed by atoms with E-state index < -0.39 is 43.3 Å². The van der Waals surface area contributed by atoms with Crippen molar-refractivity contribution in [2.24, 2.45) is 0 Å². The molecule has 0 aliphatic carbocycles. The van der Waals surface area contributed by atoms with Gasteiger partial charge in [-0.15, -0.1) is 0 Å². The maximum Gasteiger partial charge on any atom is 0.303 e. The van der Waals surface area contributed by atoms with E-state index in [4.69, 9.17) is 5.11 Å². The van der Waals surface area contributed by atoms with Crippen LogP contribution in [0.2, 0.25) is 0 Å². The van der Waals surface area contributed by atoms with Crippen LogP contribution in [0.25, 0.3) is 0 Å². The fraction of sp³-hybridized carbons (Fsp3) is 0.750. The van der Waals surface area contributed by atoms with Gasteiger partial charge in [-0.1, -0.05) is 0 Å². The summed E-state index contributed by atoms with van der Waals surface area (Å²) in [5, 5.41) is 36.8. The fourth-order valence-corrected chi connectivity index (χ4v) is 1.28. The molecule has 7 nitrogen and oxygen atoms in total. The van der Waals surface area contributed by atoms with Crippen molar-refractivity contribution in [2.45, 2.75) is 31.3 Å². The van der Waals surface area contributed by atoms with E-state index in [1.807, 2.05) is 0 Å². The summed E-state index contributed by atoms with van der Waals surface area (Å²) in [5.74, 6) is -0.733. The number of aliphatic hydroxyl groups is 4. The highest BCUT2D eigenvalue weighted by Crippen LogP contribution is 2.26. The lowest BCUT2D eigenvalue weighted by atomic mass is 9.99. The van der Waals surface area contributed by atoms with Crippen LogP contribution in [-0.4, -0.2) is 57.4 Å². The highest BCUT2D eigenvalue weighted by atomic mass is 16.7. The van der Waals surface area contributed by atoms with E-state index >= 15 is 0 Å². The average molecular weight is 221 g/mol. The van der Waals surface area contributed by atoms with Crippen molar-refractivity contribution in [3.63, 3.8) is 0 Å². The maximum atomic E-state index is 10.6. The predicted molar refractivity (Wildman–Crippen MR) is 44.7 cm³/mol. The van der Waals surface area contributed by atoms with Gasteiger partial charge < -0.3 is 29.9 Å². The number of rotatable bonds is 2. The summed E-state index contributed by atoms with van der Waals surface area (Å²) in [7, 11) is 0. The van der Waals surface area contributed by atoms with Gasteiger partial charge >= 0.3 is 5.97 Å². The van der Waals surface area contributed by atoms with Gasteiger partial charge in [0.15, 0.2) is 6.10 Å². The van der Waals surface area contributed by atoms with Gasteiger partial charge in [-0.3, -0.25) is 4.79 Å². The van der Waals surface area contributed by atoms with E-state index in [-0.39, 0.29) is 0 Å². The zero-order valence-electron chi connectivity index (χ0n) is 8.03. The molecule has 87 valence electrons. The lowest BCUT2D eigenvalue weighted by Crippen LogP contribution is -2.56. The van der Waals surface area contributed by atoms with Crippen LogP contribution < -0.4 is 0 Å². The molecule has 0 unspecified atom stereocenters. The number of esters is 1. The van der Waals surface area contributed by atoms with Crippen molar-refractivity contribution < 1.29 is 34.7 Å². The van der Waals surface area contributed by atoms with E-state index in [1.165, 1.54) is 0 Å². The van der Waals surface area contributed by atoms with Gasteiger partial charge in [0.1, 0.15) is 18.3 Å². The Morgan fingerprint density at radius 1 is 1.47 bits per heavy atom. The first-order chi connectivity index (χ1) is 6.97. The molecule has 0 amide bonds. The molecule has 1 heterocycles. The number of ether oxygens (including phenoxy) is 2. The first-order valence-corrected chi connectivity index (χ1v) is 4.34. The van der Waals surface area contributed by atoms with Gasteiger partial charge in [-0.05, 0) is 0 Å². The van der Waals surface area contributed by atoms with Crippen molar-refractivity contribution in [3.05, 3.63) is 6.29 Å². The second-order valence-corrected chi connectivity index (χ2v) is 3.19. The highest BCUT2D eigenvalue weighted by molar-refractivity contribution is 5.66. The summed E-state index contributed by atoms with van der Waals surface area (Å²) in [6.45, 7) is 0.513. The molecule has 1 fully saturated rings. The Kier molecular flexibility index (Phi) is 4.00. The van der Waals surface area contributed by atoms with Crippen LogP contribution in [0.5, 0.6) is 0 Å². The predicted octanol–water partition coefficient (Wildman–Crippen LogP) is -2.11. The zero-order chi connectivity index (χ0) is 11.6. The largest absolute Gasteiger partial charge is 0.454 e. The minimum atomic E-state index is -1.53. The summed E-state index contributed by atoms with van der Waals surface area (Å²) < 4.78 is 9.20. The van der Waals surface area contributed by atoms with Gasteiger partial charge in [0.2, 0.25) is 0 Å². The highest BCUT2D eigenvalue weighted by Gasteiger charge is 2.46. The molecule has 1 rings (SSSR count). The molecule has 1 saturated heterocycles. The SMILES string of the molecule is CC(=O)O[C@H]1[C](O)O[C@H](CO)[C@@H](O)[C@@H]1O. The Balaban J connectivity index is 2.70. The van der Waals surface area contributed by atoms with Gasteiger partial charge in [0.25, 0.3) is 6.29 Å². The summed E-state index contributed by atoms with van der Waals surface area (Å²) in [6.07, 6.45) is -6.26. The molecular weight excluding hydrogens is 208 g/mol. The maximum absolute atomic E-state index is 10.6. The van der Waals surface area contributed by atoms with Crippen LogP contribution in [0, 0.1) is 6.29 Å².